The van der Waals surface area contributed by atoms with Gasteiger partial charge in [0.25, 0.3) is 0 Å². The van der Waals surface area contributed by atoms with Crippen LogP contribution in [0.25, 0.3) is 0 Å². The molecule has 80 valence electrons. The molecule has 0 saturated carbocycles. The molecule has 1 unspecified atom stereocenters. The zero-order valence-electron chi connectivity index (χ0n) is 8.05. The van der Waals surface area contributed by atoms with Gasteiger partial charge in [-0.2, -0.15) is 0 Å². The van der Waals surface area contributed by atoms with E-state index < -0.39 is 5.97 Å². The van der Waals surface area contributed by atoms with Crippen molar-refractivity contribution in [2.45, 2.75) is 28.9 Å². The van der Waals surface area contributed by atoms with E-state index in [4.69, 9.17) is 5.11 Å². The Bertz CT molecular complexity index is 387. The van der Waals surface area contributed by atoms with E-state index in [-0.39, 0.29) is 5.69 Å². The number of carboxylic acids is 1. The van der Waals surface area contributed by atoms with Crippen molar-refractivity contribution in [1.29, 1.82) is 0 Å². The Hall–Kier alpha value is -0.810. The number of aromatic carboxylic acids is 1. The van der Waals surface area contributed by atoms with Crippen molar-refractivity contribution in [3.8, 4) is 0 Å². The van der Waals surface area contributed by atoms with E-state index in [1.54, 1.807) is 17.1 Å². The minimum atomic E-state index is -0.947. The number of carbonyl (C=O) groups is 1. The number of nitrogens with zero attached hydrogens (tertiary/aromatic N) is 1. The van der Waals surface area contributed by atoms with Crippen LogP contribution in [0, 0.1) is 0 Å². The Balaban J connectivity index is 2.01. The van der Waals surface area contributed by atoms with Gasteiger partial charge >= 0.3 is 5.97 Å². The lowest BCUT2D eigenvalue weighted by atomic mass is 10.1. The van der Waals surface area contributed by atoms with E-state index in [2.05, 4.69) is 17.1 Å². The Labute approximate surface area is 96.2 Å². The molecule has 1 heterocycles. The molecule has 1 atom stereocenters. The molecule has 2 rings (SSSR count). The molecule has 5 heteroatoms. The molecule has 1 aliphatic carbocycles. The van der Waals surface area contributed by atoms with E-state index in [1.807, 2.05) is 0 Å². The summed E-state index contributed by atoms with van der Waals surface area (Å²) < 4.78 is 0.851. The van der Waals surface area contributed by atoms with E-state index >= 15 is 0 Å². The van der Waals surface area contributed by atoms with Crippen LogP contribution in [0.1, 0.15) is 29.8 Å². The maximum absolute atomic E-state index is 10.6. The van der Waals surface area contributed by atoms with E-state index in [0.29, 0.717) is 5.25 Å². The molecule has 1 aromatic rings. The summed E-state index contributed by atoms with van der Waals surface area (Å²) in [6, 6.07) is 0. The first kappa shape index (κ1) is 10.7. The van der Waals surface area contributed by atoms with Crippen molar-refractivity contribution in [2.24, 2.45) is 0 Å². The predicted molar refractivity (Wildman–Crippen MR) is 61.7 cm³/mol. The third-order valence-corrected chi connectivity index (χ3v) is 4.36. The smallest absolute Gasteiger partial charge is 0.355 e. The summed E-state index contributed by atoms with van der Waals surface area (Å²) in [5.41, 5.74) is 0.155. The van der Waals surface area contributed by atoms with Gasteiger partial charge in [-0.15, -0.1) is 11.3 Å². The number of thiazole rings is 1. The molecule has 0 radical (unpaired) electrons. The number of thioether (sulfide) groups is 1. The first-order chi connectivity index (χ1) is 7.25. The predicted octanol–water partition coefficient (Wildman–Crippen LogP) is 3.04. The van der Waals surface area contributed by atoms with Crippen LogP contribution in [-0.2, 0) is 0 Å². The highest BCUT2D eigenvalue weighted by molar-refractivity contribution is 8.01. The molecule has 15 heavy (non-hydrogen) atoms. The van der Waals surface area contributed by atoms with Gasteiger partial charge in [0, 0.05) is 10.6 Å². The van der Waals surface area contributed by atoms with Crippen LogP contribution in [0.4, 0.5) is 0 Å². The second-order valence-electron chi connectivity index (χ2n) is 3.32. The lowest BCUT2D eigenvalue weighted by Crippen LogP contribution is -2.02. The molecule has 0 bridgehead atoms. The normalized spacial score (nSPS) is 20.4. The van der Waals surface area contributed by atoms with Crippen molar-refractivity contribution in [1.82, 2.24) is 4.98 Å². The fourth-order valence-corrected chi connectivity index (χ4v) is 3.56. The molecular weight excluding hydrogens is 230 g/mol. The van der Waals surface area contributed by atoms with Crippen LogP contribution in [0.3, 0.4) is 0 Å². The van der Waals surface area contributed by atoms with Gasteiger partial charge in [0.2, 0.25) is 0 Å². The van der Waals surface area contributed by atoms with Gasteiger partial charge in [-0.05, 0) is 19.3 Å². The summed E-state index contributed by atoms with van der Waals surface area (Å²) in [7, 11) is 0. The monoisotopic (exact) mass is 241 g/mol. The average Bonchev–Trinajstić information content (AvgIpc) is 2.68. The van der Waals surface area contributed by atoms with Crippen molar-refractivity contribution in [3.05, 3.63) is 23.2 Å². The number of allylic oxidation sites excluding steroid dienone is 1. The average molecular weight is 241 g/mol. The highest BCUT2D eigenvalue weighted by atomic mass is 32.2. The largest absolute Gasteiger partial charge is 0.476 e. The molecule has 0 aromatic carbocycles. The second-order valence-corrected chi connectivity index (χ2v) is 5.66. The first-order valence-corrected chi connectivity index (χ1v) is 6.54. The van der Waals surface area contributed by atoms with Crippen molar-refractivity contribution >= 4 is 29.1 Å². The van der Waals surface area contributed by atoms with Crippen LogP contribution in [0.15, 0.2) is 21.9 Å². The van der Waals surface area contributed by atoms with Crippen LogP contribution < -0.4 is 0 Å². The number of hydrogen-bond donors (Lipinski definition) is 1. The zero-order chi connectivity index (χ0) is 10.7. The number of aromatic nitrogens is 1. The van der Waals surface area contributed by atoms with Crippen LogP contribution >= 0.6 is 23.1 Å². The standard InChI is InChI=1S/C10H11NO2S2/c12-9(13)8-6-14-10(11-8)15-7-4-2-1-3-5-7/h2,4,6-7H,1,3,5H2,(H,12,13). The SMILES string of the molecule is O=C(O)c1csc(SC2C=CCCC2)n1. The summed E-state index contributed by atoms with van der Waals surface area (Å²) in [6.07, 6.45) is 7.91. The maximum atomic E-state index is 10.6. The second kappa shape index (κ2) is 4.81. The Morgan fingerprint density at radius 2 is 2.53 bits per heavy atom. The Kier molecular flexibility index (Phi) is 3.43. The lowest BCUT2D eigenvalue weighted by Gasteiger charge is -2.13. The summed E-state index contributed by atoms with van der Waals surface area (Å²) >= 11 is 3.07. The molecule has 0 aliphatic heterocycles. The molecule has 0 fully saturated rings. The summed E-state index contributed by atoms with van der Waals surface area (Å²) in [5.74, 6) is -0.947. The number of carboxylic acid groups (broad SMARTS) is 1. The van der Waals surface area contributed by atoms with Crippen LogP contribution in [0.2, 0.25) is 0 Å². The van der Waals surface area contributed by atoms with Gasteiger partial charge in [-0.1, -0.05) is 23.9 Å². The van der Waals surface area contributed by atoms with Gasteiger partial charge in [0.15, 0.2) is 10.0 Å². The van der Waals surface area contributed by atoms with E-state index in [0.717, 1.165) is 17.2 Å². The molecule has 1 N–H and O–H groups in total. The summed E-state index contributed by atoms with van der Waals surface area (Å²) in [5, 5.41) is 10.8. The quantitative estimate of drug-likeness (QED) is 0.826. The summed E-state index contributed by atoms with van der Waals surface area (Å²) in [6.45, 7) is 0. The van der Waals surface area contributed by atoms with Gasteiger partial charge in [0.1, 0.15) is 0 Å². The molecular formula is C10H11NO2S2. The molecule has 3 nitrogen and oxygen atoms in total. The topological polar surface area (TPSA) is 50.2 Å². The molecule has 0 amide bonds. The number of hydrogen-bond acceptors (Lipinski definition) is 4. The molecule has 0 saturated heterocycles. The maximum Gasteiger partial charge on any atom is 0.355 e. The van der Waals surface area contributed by atoms with Gasteiger partial charge in [-0.3, -0.25) is 0 Å². The third kappa shape index (κ3) is 2.82. The zero-order valence-corrected chi connectivity index (χ0v) is 9.68. The molecule has 0 spiro atoms. The lowest BCUT2D eigenvalue weighted by molar-refractivity contribution is 0.0691. The third-order valence-electron chi connectivity index (χ3n) is 2.16. The van der Waals surface area contributed by atoms with Crippen molar-refractivity contribution in [3.63, 3.8) is 0 Å². The van der Waals surface area contributed by atoms with Crippen molar-refractivity contribution in [2.75, 3.05) is 0 Å². The fourth-order valence-electron chi connectivity index (χ4n) is 1.42. The van der Waals surface area contributed by atoms with Gasteiger partial charge in [0.05, 0.1) is 0 Å². The van der Waals surface area contributed by atoms with Crippen LogP contribution in [-0.4, -0.2) is 21.3 Å². The Morgan fingerprint density at radius 1 is 1.67 bits per heavy atom. The minimum Gasteiger partial charge on any atom is -0.476 e. The molecule has 1 aromatic heterocycles. The Morgan fingerprint density at radius 3 is 3.13 bits per heavy atom. The van der Waals surface area contributed by atoms with Crippen LogP contribution in [0.5, 0.6) is 0 Å². The van der Waals surface area contributed by atoms with Gasteiger partial charge < -0.3 is 5.11 Å². The van der Waals surface area contributed by atoms with E-state index in [1.165, 1.54) is 17.8 Å². The highest BCUT2D eigenvalue weighted by Gasteiger charge is 2.14. The minimum absolute atomic E-state index is 0.155. The first-order valence-electron chi connectivity index (χ1n) is 4.78. The number of rotatable bonds is 3. The van der Waals surface area contributed by atoms with E-state index in [9.17, 15) is 4.79 Å². The highest BCUT2D eigenvalue weighted by Crippen LogP contribution is 2.32. The summed E-state index contributed by atoms with van der Waals surface area (Å²) in [4.78, 5) is 14.7. The van der Waals surface area contributed by atoms with Crippen molar-refractivity contribution < 1.29 is 9.90 Å². The fraction of sp³-hybridized carbons (Fsp3) is 0.400. The molecule has 1 aliphatic rings. The van der Waals surface area contributed by atoms with Gasteiger partial charge in [-0.25, -0.2) is 9.78 Å².